The highest BCUT2D eigenvalue weighted by Gasteiger charge is 2.33. The molecule has 1 nitrogen and oxygen atoms in total. The number of hydrogen-bond donors (Lipinski definition) is 1. The molecule has 0 spiro atoms. The van der Waals surface area contributed by atoms with Gasteiger partial charge >= 0.3 is 0 Å². The van der Waals surface area contributed by atoms with Gasteiger partial charge in [-0.2, -0.15) is 0 Å². The highest BCUT2D eigenvalue weighted by molar-refractivity contribution is 5.42. The summed E-state index contributed by atoms with van der Waals surface area (Å²) in [4.78, 5) is 0. The molecule has 0 saturated heterocycles. The van der Waals surface area contributed by atoms with Crippen LogP contribution in [0.1, 0.15) is 55.6 Å². The number of aliphatic hydroxyl groups excluding tert-OH is 1. The average molecular weight is 242 g/mol. The van der Waals surface area contributed by atoms with E-state index in [0.29, 0.717) is 5.92 Å². The molecule has 2 aliphatic rings. The Labute approximate surface area is 110 Å². The zero-order valence-corrected chi connectivity index (χ0v) is 10.9. The van der Waals surface area contributed by atoms with Gasteiger partial charge in [-0.15, -0.1) is 0 Å². The Balaban J connectivity index is 1.73. The molecule has 3 rings (SSSR count). The quantitative estimate of drug-likeness (QED) is 0.778. The molecule has 0 saturated carbocycles. The molecule has 0 fully saturated rings. The van der Waals surface area contributed by atoms with Crippen LogP contribution in [0.2, 0.25) is 0 Å². The van der Waals surface area contributed by atoms with E-state index in [1.807, 2.05) is 0 Å². The number of allylic oxidation sites excluding steroid dienone is 1. The Morgan fingerprint density at radius 2 is 1.89 bits per heavy atom. The summed E-state index contributed by atoms with van der Waals surface area (Å²) in [6.07, 6.45) is 10.6. The van der Waals surface area contributed by atoms with Crippen molar-refractivity contribution in [2.75, 3.05) is 0 Å². The molecule has 2 atom stereocenters. The van der Waals surface area contributed by atoms with Gasteiger partial charge in [-0.3, -0.25) is 0 Å². The van der Waals surface area contributed by atoms with Gasteiger partial charge in [-0.1, -0.05) is 43.2 Å². The van der Waals surface area contributed by atoms with E-state index in [2.05, 4.69) is 30.3 Å². The molecule has 2 unspecified atom stereocenters. The van der Waals surface area contributed by atoms with E-state index in [1.165, 1.54) is 42.4 Å². The Morgan fingerprint density at radius 3 is 2.78 bits per heavy atom. The van der Waals surface area contributed by atoms with Crippen molar-refractivity contribution < 1.29 is 5.11 Å². The topological polar surface area (TPSA) is 20.2 Å². The number of hydrogen-bond acceptors (Lipinski definition) is 1. The van der Waals surface area contributed by atoms with Crippen LogP contribution >= 0.6 is 0 Å². The SMILES string of the molecule is OC(/C1=C/CCCCCC1)C1Cc2ccccc21. The van der Waals surface area contributed by atoms with Crippen molar-refractivity contribution in [1.82, 2.24) is 0 Å². The largest absolute Gasteiger partial charge is 0.388 e. The third-order valence-corrected chi connectivity index (χ3v) is 4.48. The normalized spacial score (nSPS) is 28.1. The lowest BCUT2D eigenvalue weighted by molar-refractivity contribution is 0.162. The fraction of sp³-hybridized carbons (Fsp3) is 0.529. The third-order valence-electron chi connectivity index (χ3n) is 4.48. The van der Waals surface area contributed by atoms with Gasteiger partial charge in [-0.25, -0.2) is 0 Å². The zero-order chi connectivity index (χ0) is 12.4. The van der Waals surface area contributed by atoms with Crippen molar-refractivity contribution >= 4 is 0 Å². The van der Waals surface area contributed by atoms with E-state index < -0.39 is 0 Å². The predicted octanol–water partition coefficient (Wildman–Crippen LogP) is 3.97. The number of fused-ring (bicyclic) bond motifs is 1. The standard InChI is InChI=1S/C17H22O/c18-17(13-8-4-2-1-3-5-9-13)16-12-14-10-6-7-11-15(14)16/h6-8,10-11,16-18H,1-5,9,12H2/b13-8+. The van der Waals surface area contributed by atoms with E-state index in [0.717, 1.165) is 19.3 Å². The van der Waals surface area contributed by atoms with E-state index in [1.54, 1.807) is 0 Å². The Kier molecular flexibility index (Phi) is 3.51. The molecule has 0 aliphatic heterocycles. The zero-order valence-electron chi connectivity index (χ0n) is 10.9. The number of benzene rings is 1. The smallest absolute Gasteiger partial charge is 0.0821 e. The van der Waals surface area contributed by atoms with Gasteiger partial charge in [-0.05, 0) is 48.8 Å². The molecular formula is C17H22O. The van der Waals surface area contributed by atoms with Gasteiger partial charge in [0.2, 0.25) is 0 Å². The molecule has 0 heterocycles. The molecule has 0 amide bonds. The Morgan fingerprint density at radius 1 is 1.06 bits per heavy atom. The van der Waals surface area contributed by atoms with Crippen LogP contribution in [0.3, 0.4) is 0 Å². The summed E-state index contributed by atoms with van der Waals surface area (Å²) in [5.41, 5.74) is 4.09. The summed E-state index contributed by atoms with van der Waals surface area (Å²) in [7, 11) is 0. The highest BCUT2D eigenvalue weighted by atomic mass is 16.3. The van der Waals surface area contributed by atoms with Crippen LogP contribution in [0.25, 0.3) is 0 Å². The molecule has 2 aliphatic carbocycles. The van der Waals surface area contributed by atoms with Crippen LogP contribution < -0.4 is 0 Å². The molecule has 1 N–H and O–H groups in total. The molecule has 0 radical (unpaired) electrons. The second-order valence-corrected chi connectivity index (χ2v) is 5.69. The van der Waals surface area contributed by atoms with Crippen molar-refractivity contribution in [3.05, 3.63) is 47.0 Å². The Bertz CT molecular complexity index is 447. The summed E-state index contributed by atoms with van der Waals surface area (Å²) < 4.78 is 0. The summed E-state index contributed by atoms with van der Waals surface area (Å²) in [5, 5.41) is 10.6. The minimum absolute atomic E-state index is 0.238. The van der Waals surface area contributed by atoms with Crippen LogP contribution in [0, 0.1) is 0 Å². The van der Waals surface area contributed by atoms with Crippen molar-refractivity contribution in [3.63, 3.8) is 0 Å². The lowest BCUT2D eigenvalue weighted by atomic mass is 9.72. The molecule has 1 aromatic carbocycles. The van der Waals surface area contributed by atoms with Crippen LogP contribution in [0.15, 0.2) is 35.9 Å². The maximum atomic E-state index is 10.6. The second-order valence-electron chi connectivity index (χ2n) is 5.69. The van der Waals surface area contributed by atoms with E-state index in [-0.39, 0.29) is 6.10 Å². The van der Waals surface area contributed by atoms with Gasteiger partial charge in [0, 0.05) is 5.92 Å². The highest BCUT2D eigenvalue weighted by Crippen LogP contribution is 2.40. The second kappa shape index (κ2) is 5.27. The molecule has 1 heteroatoms. The van der Waals surface area contributed by atoms with Gasteiger partial charge < -0.3 is 5.11 Å². The summed E-state index contributed by atoms with van der Waals surface area (Å²) in [6, 6.07) is 8.54. The van der Waals surface area contributed by atoms with Crippen molar-refractivity contribution in [2.24, 2.45) is 0 Å². The monoisotopic (exact) mass is 242 g/mol. The van der Waals surface area contributed by atoms with Gasteiger partial charge in [0.05, 0.1) is 6.10 Å². The number of rotatable bonds is 2. The first-order valence-electron chi connectivity index (χ1n) is 7.31. The first kappa shape index (κ1) is 12.0. The van der Waals surface area contributed by atoms with Crippen molar-refractivity contribution in [3.8, 4) is 0 Å². The van der Waals surface area contributed by atoms with E-state index >= 15 is 0 Å². The van der Waals surface area contributed by atoms with Gasteiger partial charge in [0.1, 0.15) is 0 Å². The third kappa shape index (κ3) is 2.24. The van der Waals surface area contributed by atoms with E-state index in [9.17, 15) is 5.11 Å². The van der Waals surface area contributed by atoms with Crippen LogP contribution in [-0.4, -0.2) is 11.2 Å². The minimum atomic E-state index is -0.238. The summed E-state index contributed by atoms with van der Waals surface area (Å²) in [6.45, 7) is 0. The fourth-order valence-electron chi connectivity index (χ4n) is 3.32. The first-order chi connectivity index (χ1) is 8.86. The van der Waals surface area contributed by atoms with E-state index in [4.69, 9.17) is 0 Å². The average Bonchev–Trinajstić information content (AvgIpc) is 2.30. The molecule has 1 aromatic rings. The van der Waals surface area contributed by atoms with Crippen LogP contribution in [-0.2, 0) is 6.42 Å². The minimum Gasteiger partial charge on any atom is -0.388 e. The lowest BCUT2D eigenvalue weighted by Gasteiger charge is -2.35. The van der Waals surface area contributed by atoms with Gasteiger partial charge in [0.15, 0.2) is 0 Å². The van der Waals surface area contributed by atoms with Gasteiger partial charge in [0.25, 0.3) is 0 Å². The molecule has 0 bridgehead atoms. The summed E-state index contributed by atoms with van der Waals surface area (Å²) >= 11 is 0. The van der Waals surface area contributed by atoms with Crippen molar-refractivity contribution in [2.45, 2.75) is 57.0 Å². The maximum Gasteiger partial charge on any atom is 0.0821 e. The first-order valence-corrected chi connectivity index (χ1v) is 7.31. The molecule has 0 aromatic heterocycles. The molecular weight excluding hydrogens is 220 g/mol. The van der Waals surface area contributed by atoms with Crippen LogP contribution in [0.4, 0.5) is 0 Å². The number of aliphatic hydroxyl groups is 1. The molecule has 96 valence electrons. The predicted molar refractivity (Wildman–Crippen MR) is 74.7 cm³/mol. The fourth-order valence-corrected chi connectivity index (χ4v) is 3.32. The lowest BCUT2D eigenvalue weighted by Crippen LogP contribution is -2.30. The molecule has 18 heavy (non-hydrogen) atoms. The maximum absolute atomic E-state index is 10.6. The Hall–Kier alpha value is -1.08. The van der Waals surface area contributed by atoms with Crippen molar-refractivity contribution in [1.29, 1.82) is 0 Å². The van der Waals surface area contributed by atoms with Crippen LogP contribution in [0.5, 0.6) is 0 Å². The summed E-state index contributed by atoms with van der Waals surface area (Å²) in [5.74, 6) is 0.354.